The molecule has 0 aromatic heterocycles. The molecule has 4 rings (SSSR count). The lowest BCUT2D eigenvalue weighted by molar-refractivity contribution is 0.0943. The minimum atomic E-state index is -1.08. The third kappa shape index (κ3) is 6.48. The Hall–Kier alpha value is -3.59. The van der Waals surface area contributed by atoms with Crippen molar-refractivity contribution >= 4 is 5.91 Å². The number of rotatable bonds is 5. The number of para-hydroxylation sites is 1. The zero-order valence-electron chi connectivity index (χ0n) is 19.6. The van der Waals surface area contributed by atoms with Crippen molar-refractivity contribution in [3.8, 4) is 17.6 Å². The average molecular weight is 455 g/mol. The van der Waals surface area contributed by atoms with Crippen molar-refractivity contribution in [2.24, 2.45) is 0 Å². The number of nitrogens with zero attached hydrogens (tertiary/aromatic N) is 1. The van der Waals surface area contributed by atoms with Gasteiger partial charge in [0.1, 0.15) is 17.5 Å². The van der Waals surface area contributed by atoms with Crippen LogP contribution in [0.2, 0.25) is 0 Å². The molecule has 0 unspecified atom stereocenters. The summed E-state index contributed by atoms with van der Waals surface area (Å²) in [4.78, 5) is 15.1. The van der Waals surface area contributed by atoms with Gasteiger partial charge < -0.3 is 15.2 Å². The van der Waals surface area contributed by atoms with Gasteiger partial charge in [0, 0.05) is 42.9 Å². The number of nitrogens with one attached hydrogen (secondary N) is 1. The van der Waals surface area contributed by atoms with Gasteiger partial charge in [-0.3, -0.25) is 9.69 Å². The van der Waals surface area contributed by atoms with Crippen LogP contribution in [-0.4, -0.2) is 41.1 Å². The number of amides is 1. The molecule has 0 saturated heterocycles. The van der Waals surface area contributed by atoms with Gasteiger partial charge in [0.05, 0.1) is 0 Å². The first kappa shape index (κ1) is 23.6. The summed E-state index contributed by atoms with van der Waals surface area (Å²) in [6.07, 6.45) is -0.0772. The van der Waals surface area contributed by atoms with Gasteiger partial charge in [0.2, 0.25) is 0 Å². The Bertz CT molecular complexity index is 1190. The third-order valence-electron chi connectivity index (χ3n) is 5.58. The molecule has 2 N–H and O–H groups in total. The zero-order valence-corrected chi connectivity index (χ0v) is 19.6. The maximum Gasteiger partial charge on any atom is 0.251 e. The van der Waals surface area contributed by atoms with Crippen molar-refractivity contribution in [1.82, 2.24) is 10.2 Å². The lowest BCUT2D eigenvalue weighted by Gasteiger charge is -2.24. The molecule has 3 aromatic carbocycles. The lowest BCUT2D eigenvalue weighted by atomic mass is 10.1. The molecule has 0 spiro atoms. The summed E-state index contributed by atoms with van der Waals surface area (Å²) >= 11 is 0. The van der Waals surface area contributed by atoms with E-state index in [9.17, 15) is 9.90 Å². The lowest BCUT2D eigenvalue weighted by Crippen LogP contribution is -2.36. The van der Waals surface area contributed by atoms with Gasteiger partial charge >= 0.3 is 0 Å². The second-order valence-electron chi connectivity index (χ2n) is 9.01. The monoisotopic (exact) mass is 454 g/mol. The SMILES string of the molecule is CC(C)(O)C#Cc1cccc(C(=O)NCCN2Cc3ccccc3O[C@@H](c3ccccc3)C2)c1. The molecule has 174 valence electrons. The van der Waals surface area contributed by atoms with Gasteiger partial charge in [-0.05, 0) is 43.7 Å². The molecule has 0 radical (unpaired) electrons. The Labute approximate surface area is 201 Å². The highest BCUT2D eigenvalue weighted by atomic mass is 16.5. The first-order valence-electron chi connectivity index (χ1n) is 11.5. The normalized spacial score (nSPS) is 15.8. The zero-order chi connectivity index (χ0) is 24.0. The predicted molar refractivity (Wildman–Crippen MR) is 133 cm³/mol. The Morgan fingerprint density at radius 1 is 1.09 bits per heavy atom. The Balaban J connectivity index is 1.41. The van der Waals surface area contributed by atoms with Crippen molar-refractivity contribution in [1.29, 1.82) is 0 Å². The van der Waals surface area contributed by atoms with Gasteiger partial charge in [-0.2, -0.15) is 0 Å². The van der Waals surface area contributed by atoms with Crippen molar-refractivity contribution < 1.29 is 14.6 Å². The van der Waals surface area contributed by atoms with Crippen molar-refractivity contribution in [2.45, 2.75) is 32.1 Å². The van der Waals surface area contributed by atoms with Crippen molar-refractivity contribution in [3.63, 3.8) is 0 Å². The van der Waals surface area contributed by atoms with E-state index >= 15 is 0 Å². The highest BCUT2D eigenvalue weighted by Crippen LogP contribution is 2.30. The summed E-state index contributed by atoms with van der Waals surface area (Å²) < 4.78 is 6.37. The molecule has 1 atom stereocenters. The van der Waals surface area contributed by atoms with Crippen LogP contribution in [0.5, 0.6) is 5.75 Å². The molecule has 5 nitrogen and oxygen atoms in total. The number of fused-ring (bicyclic) bond motifs is 1. The van der Waals surface area contributed by atoms with Crippen molar-refractivity contribution in [2.75, 3.05) is 19.6 Å². The van der Waals surface area contributed by atoms with Crippen LogP contribution in [0.15, 0.2) is 78.9 Å². The maximum absolute atomic E-state index is 12.7. The molecule has 1 heterocycles. The molecule has 34 heavy (non-hydrogen) atoms. The standard InChI is InChI=1S/C29H30N2O3/c1-29(2,33)16-15-22-9-8-13-24(19-22)28(32)30-17-18-31-20-25-12-6-7-14-26(25)34-27(21-31)23-10-4-3-5-11-23/h3-14,19,27,33H,17-18,20-21H2,1-2H3,(H,30,32)/t27-/m1/s1. The summed E-state index contributed by atoms with van der Waals surface area (Å²) in [5, 5.41) is 12.8. The smallest absolute Gasteiger partial charge is 0.251 e. The number of benzene rings is 3. The van der Waals surface area contributed by atoms with E-state index in [1.165, 1.54) is 0 Å². The molecule has 0 bridgehead atoms. The molecule has 1 aliphatic rings. The molecule has 5 heteroatoms. The summed E-state index contributed by atoms with van der Waals surface area (Å²) in [7, 11) is 0. The highest BCUT2D eigenvalue weighted by molar-refractivity contribution is 5.94. The topological polar surface area (TPSA) is 61.8 Å². The van der Waals surface area contributed by atoms with Gasteiger partial charge in [-0.15, -0.1) is 0 Å². The van der Waals surface area contributed by atoms with Crippen LogP contribution in [0.4, 0.5) is 0 Å². The summed E-state index contributed by atoms with van der Waals surface area (Å²) in [6.45, 7) is 5.97. The fourth-order valence-corrected chi connectivity index (χ4v) is 3.88. The number of hydrogen-bond acceptors (Lipinski definition) is 4. The Kier molecular flexibility index (Phi) is 7.32. The molecule has 1 amide bonds. The Morgan fingerprint density at radius 3 is 2.65 bits per heavy atom. The number of hydrogen-bond donors (Lipinski definition) is 2. The van der Waals surface area contributed by atoms with Crippen LogP contribution in [0.1, 0.15) is 47.0 Å². The summed E-state index contributed by atoms with van der Waals surface area (Å²) in [5.74, 6) is 6.47. The second kappa shape index (κ2) is 10.6. The van der Waals surface area contributed by atoms with Gasteiger partial charge in [-0.25, -0.2) is 0 Å². The fraction of sp³-hybridized carbons (Fsp3) is 0.276. The quantitative estimate of drug-likeness (QED) is 0.568. The molecular weight excluding hydrogens is 424 g/mol. The first-order valence-corrected chi connectivity index (χ1v) is 11.5. The van der Waals surface area contributed by atoms with Crippen LogP contribution >= 0.6 is 0 Å². The predicted octanol–water partition coefficient (Wildman–Crippen LogP) is 4.17. The van der Waals surface area contributed by atoms with E-state index < -0.39 is 5.60 Å². The summed E-state index contributed by atoms with van der Waals surface area (Å²) in [5.41, 5.74) is 2.45. The van der Waals surface area contributed by atoms with Crippen LogP contribution in [0, 0.1) is 11.8 Å². The van der Waals surface area contributed by atoms with E-state index in [4.69, 9.17) is 4.74 Å². The number of ether oxygens (including phenoxy) is 1. The van der Waals surface area contributed by atoms with E-state index in [0.717, 1.165) is 30.0 Å². The molecule has 0 fully saturated rings. The van der Waals surface area contributed by atoms with Crippen LogP contribution < -0.4 is 10.1 Å². The molecular formula is C29H30N2O3. The van der Waals surface area contributed by atoms with E-state index in [-0.39, 0.29) is 12.0 Å². The largest absolute Gasteiger partial charge is 0.484 e. The van der Waals surface area contributed by atoms with Gasteiger partial charge in [0.25, 0.3) is 5.91 Å². The maximum atomic E-state index is 12.7. The van der Waals surface area contributed by atoms with E-state index in [1.54, 1.807) is 32.0 Å². The number of aliphatic hydroxyl groups is 1. The van der Waals surface area contributed by atoms with E-state index in [0.29, 0.717) is 24.2 Å². The number of carbonyl (C=O) groups is 1. The minimum absolute atomic E-state index is 0.0772. The molecule has 3 aromatic rings. The first-order chi connectivity index (χ1) is 16.4. The third-order valence-corrected chi connectivity index (χ3v) is 5.58. The minimum Gasteiger partial charge on any atom is -0.484 e. The van der Waals surface area contributed by atoms with Crippen LogP contribution in [0.25, 0.3) is 0 Å². The van der Waals surface area contributed by atoms with Gasteiger partial charge in [-0.1, -0.05) is 66.4 Å². The molecule has 1 aliphatic heterocycles. The molecule has 0 aliphatic carbocycles. The van der Waals surface area contributed by atoms with Gasteiger partial charge in [0.15, 0.2) is 0 Å². The van der Waals surface area contributed by atoms with Crippen LogP contribution in [0.3, 0.4) is 0 Å². The summed E-state index contributed by atoms with van der Waals surface area (Å²) in [6, 6.07) is 25.5. The highest BCUT2D eigenvalue weighted by Gasteiger charge is 2.24. The van der Waals surface area contributed by atoms with E-state index in [2.05, 4.69) is 40.3 Å². The second-order valence-corrected chi connectivity index (χ2v) is 9.01. The molecule has 0 saturated carbocycles. The average Bonchev–Trinajstić information content (AvgIpc) is 3.02. The van der Waals surface area contributed by atoms with Crippen LogP contribution in [-0.2, 0) is 6.54 Å². The fourth-order valence-electron chi connectivity index (χ4n) is 3.88. The van der Waals surface area contributed by atoms with E-state index in [1.807, 2.05) is 42.5 Å². The number of carbonyl (C=O) groups excluding carboxylic acids is 1. The Morgan fingerprint density at radius 2 is 1.85 bits per heavy atom. The van der Waals surface area contributed by atoms with Crippen molar-refractivity contribution in [3.05, 3.63) is 101 Å².